The van der Waals surface area contributed by atoms with Crippen LogP contribution >= 0.6 is 0 Å². The molecule has 0 saturated heterocycles. The van der Waals surface area contributed by atoms with Crippen LogP contribution in [0.5, 0.6) is 0 Å². The van der Waals surface area contributed by atoms with Gasteiger partial charge in [0.1, 0.15) is 5.82 Å². The first-order chi connectivity index (χ1) is 12.8. The van der Waals surface area contributed by atoms with Gasteiger partial charge in [0, 0.05) is 29.6 Å². The number of nitrogens with one attached hydrogen (secondary N) is 1. The number of aromatic nitrogens is 2. The molecule has 0 aliphatic rings. The average Bonchev–Trinajstić information content (AvgIpc) is 2.87. The molecule has 142 valence electrons. The van der Waals surface area contributed by atoms with Crippen LogP contribution in [0.2, 0.25) is 0 Å². The molecule has 0 fully saturated rings. The largest absolute Gasteiger partial charge is 0.390 e. The van der Waals surface area contributed by atoms with Gasteiger partial charge in [-0.1, -0.05) is 6.07 Å². The number of hydrogen-bond donors (Lipinski definition) is 2. The fourth-order valence-electron chi connectivity index (χ4n) is 2.67. The Morgan fingerprint density at radius 2 is 2.11 bits per heavy atom. The van der Waals surface area contributed by atoms with Crippen molar-refractivity contribution in [3.8, 4) is 0 Å². The van der Waals surface area contributed by atoms with Gasteiger partial charge in [-0.3, -0.25) is 9.59 Å². The van der Waals surface area contributed by atoms with E-state index in [2.05, 4.69) is 15.4 Å². The molecular weight excluding hydrogens is 349 g/mol. The average molecular weight is 371 g/mol. The van der Waals surface area contributed by atoms with E-state index in [1.807, 2.05) is 0 Å². The molecule has 1 amide bonds. The molecule has 0 aliphatic carbocycles. The number of nitrogens with zero attached hydrogens (tertiary/aromatic N) is 3. The number of allylic oxidation sites excluding steroid dienone is 2. The highest BCUT2D eigenvalue weighted by molar-refractivity contribution is 5.91. The summed E-state index contributed by atoms with van der Waals surface area (Å²) < 4.78 is 14.5. The molecule has 0 bridgehead atoms. The smallest absolute Gasteiger partial charge is 0.272 e. The summed E-state index contributed by atoms with van der Waals surface area (Å²) in [6, 6.07) is 5.71. The second kappa shape index (κ2) is 8.88. The summed E-state index contributed by atoms with van der Waals surface area (Å²) in [7, 11) is 0. The minimum absolute atomic E-state index is 0.185. The second-order valence-corrected chi connectivity index (χ2v) is 6.02. The van der Waals surface area contributed by atoms with Crippen molar-refractivity contribution in [1.29, 1.82) is 0 Å². The van der Waals surface area contributed by atoms with E-state index in [1.165, 1.54) is 29.0 Å². The third-order valence-corrected chi connectivity index (χ3v) is 3.97. The molecule has 2 rings (SSSR count). The van der Waals surface area contributed by atoms with Crippen LogP contribution in [0.25, 0.3) is 0 Å². The lowest BCUT2D eigenvalue weighted by atomic mass is 10.1. The molecule has 0 aliphatic heterocycles. The van der Waals surface area contributed by atoms with E-state index in [1.54, 1.807) is 26.8 Å². The summed E-state index contributed by atoms with van der Waals surface area (Å²) in [4.78, 5) is 28.3. The summed E-state index contributed by atoms with van der Waals surface area (Å²) in [5.41, 5.74) is 8.24. The maximum atomic E-state index is 13.2. The van der Waals surface area contributed by atoms with Crippen LogP contribution in [0.3, 0.4) is 0 Å². The SMILES string of the molecule is C/C(=C/C(=O)n1nc(C)c(CCC(=O)Nc2cccc(F)c2)c1C)N=CN. The maximum absolute atomic E-state index is 13.2. The first-order valence-electron chi connectivity index (χ1n) is 8.39. The zero-order chi connectivity index (χ0) is 20.0. The number of aliphatic imine (C=N–C) groups is 1. The Morgan fingerprint density at radius 1 is 1.37 bits per heavy atom. The van der Waals surface area contributed by atoms with Gasteiger partial charge in [0.05, 0.1) is 12.0 Å². The maximum Gasteiger partial charge on any atom is 0.272 e. The van der Waals surface area contributed by atoms with Gasteiger partial charge in [-0.2, -0.15) is 5.10 Å². The molecule has 0 radical (unpaired) electrons. The van der Waals surface area contributed by atoms with Crippen molar-refractivity contribution < 1.29 is 14.0 Å². The number of nitrogens with two attached hydrogens (primary N) is 1. The minimum Gasteiger partial charge on any atom is -0.390 e. The van der Waals surface area contributed by atoms with E-state index in [4.69, 9.17) is 5.73 Å². The van der Waals surface area contributed by atoms with Crippen LogP contribution in [-0.4, -0.2) is 27.9 Å². The summed E-state index contributed by atoms with van der Waals surface area (Å²) in [6.45, 7) is 5.21. The minimum atomic E-state index is -0.415. The molecule has 7 nitrogen and oxygen atoms in total. The van der Waals surface area contributed by atoms with Crippen molar-refractivity contribution >= 4 is 23.8 Å². The number of aryl methyl sites for hydroxylation is 1. The standard InChI is InChI=1S/C19H22FN5O2/c1-12(22-11-21)9-19(27)25-14(3)17(13(2)24-25)7-8-18(26)23-16-6-4-5-15(20)10-16/h4-6,9-11H,7-8H2,1-3H3,(H2,21,22)(H,23,26)/b12-9-. The zero-order valence-corrected chi connectivity index (χ0v) is 15.5. The molecule has 0 spiro atoms. The van der Waals surface area contributed by atoms with Crippen molar-refractivity contribution in [3.63, 3.8) is 0 Å². The van der Waals surface area contributed by atoms with Crippen LogP contribution in [0.4, 0.5) is 10.1 Å². The normalized spacial score (nSPS) is 11.8. The van der Waals surface area contributed by atoms with Crippen LogP contribution in [0.1, 0.15) is 35.1 Å². The molecular formula is C19H22FN5O2. The number of halogens is 1. The summed E-state index contributed by atoms with van der Waals surface area (Å²) in [5, 5.41) is 6.91. The van der Waals surface area contributed by atoms with E-state index in [0.29, 0.717) is 29.2 Å². The number of hydrogen-bond acceptors (Lipinski definition) is 4. The van der Waals surface area contributed by atoms with Crippen molar-refractivity contribution in [2.24, 2.45) is 10.7 Å². The summed E-state index contributed by atoms with van der Waals surface area (Å²) in [6.07, 6.45) is 3.05. The number of anilines is 1. The predicted molar refractivity (Wildman–Crippen MR) is 102 cm³/mol. The monoisotopic (exact) mass is 371 g/mol. The number of carbonyl (C=O) groups is 2. The van der Waals surface area contributed by atoms with E-state index in [-0.39, 0.29) is 18.2 Å². The first-order valence-corrected chi connectivity index (χ1v) is 8.39. The first kappa shape index (κ1) is 20.0. The molecule has 1 heterocycles. The van der Waals surface area contributed by atoms with Crippen molar-refractivity contribution in [2.75, 3.05) is 5.32 Å². The van der Waals surface area contributed by atoms with Gasteiger partial charge >= 0.3 is 0 Å². The summed E-state index contributed by atoms with van der Waals surface area (Å²) in [5.74, 6) is -0.998. The van der Waals surface area contributed by atoms with E-state index in [0.717, 1.165) is 11.9 Å². The number of amides is 1. The summed E-state index contributed by atoms with van der Waals surface area (Å²) >= 11 is 0. The molecule has 3 N–H and O–H groups in total. The molecule has 2 aromatic rings. The fraction of sp³-hybridized carbons (Fsp3) is 0.263. The van der Waals surface area contributed by atoms with E-state index < -0.39 is 5.82 Å². The van der Waals surface area contributed by atoms with E-state index in [9.17, 15) is 14.0 Å². The van der Waals surface area contributed by atoms with Crippen LogP contribution < -0.4 is 11.1 Å². The van der Waals surface area contributed by atoms with Crippen molar-refractivity contribution in [1.82, 2.24) is 9.78 Å². The quantitative estimate of drug-likeness (QED) is 0.463. The molecule has 8 heteroatoms. The molecule has 0 atom stereocenters. The number of benzene rings is 1. The molecule has 1 aromatic carbocycles. The Labute approximate surface area is 156 Å². The fourth-order valence-corrected chi connectivity index (χ4v) is 2.67. The second-order valence-electron chi connectivity index (χ2n) is 6.02. The molecule has 0 saturated carbocycles. The van der Waals surface area contributed by atoms with Crippen LogP contribution in [-0.2, 0) is 11.2 Å². The van der Waals surface area contributed by atoms with E-state index >= 15 is 0 Å². The lowest BCUT2D eigenvalue weighted by Gasteiger charge is -2.06. The molecule has 0 unspecified atom stereocenters. The Kier molecular flexibility index (Phi) is 6.59. The zero-order valence-electron chi connectivity index (χ0n) is 15.5. The van der Waals surface area contributed by atoms with Crippen LogP contribution in [0.15, 0.2) is 41.0 Å². The van der Waals surface area contributed by atoms with Gasteiger partial charge in [0.25, 0.3) is 5.91 Å². The van der Waals surface area contributed by atoms with Gasteiger partial charge < -0.3 is 11.1 Å². The highest BCUT2D eigenvalue weighted by Crippen LogP contribution is 2.17. The van der Waals surface area contributed by atoms with Crippen molar-refractivity contribution in [2.45, 2.75) is 33.6 Å². The Bertz CT molecular complexity index is 915. The van der Waals surface area contributed by atoms with Gasteiger partial charge in [-0.25, -0.2) is 14.1 Å². The molecule has 1 aromatic heterocycles. The Morgan fingerprint density at radius 3 is 2.78 bits per heavy atom. The van der Waals surface area contributed by atoms with Gasteiger partial charge in [0.15, 0.2) is 0 Å². The van der Waals surface area contributed by atoms with Crippen LogP contribution in [0, 0.1) is 19.7 Å². The molecule has 27 heavy (non-hydrogen) atoms. The number of carbonyl (C=O) groups excluding carboxylic acids is 2. The third-order valence-electron chi connectivity index (χ3n) is 3.97. The highest BCUT2D eigenvalue weighted by Gasteiger charge is 2.16. The van der Waals surface area contributed by atoms with Gasteiger partial charge in [-0.05, 0) is 51.0 Å². The van der Waals surface area contributed by atoms with Crippen molar-refractivity contribution in [3.05, 3.63) is 58.8 Å². The van der Waals surface area contributed by atoms with Gasteiger partial charge in [0.2, 0.25) is 5.91 Å². The topological polar surface area (TPSA) is 102 Å². The lowest BCUT2D eigenvalue weighted by Crippen LogP contribution is -2.14. The third kappa shape index (κ3) is 5.34. The number of rotatable bonds is 6. The predicted octanol–water partition coefficient (Wildman–Crippen LogP) is 2.74. The Balaban J connectivity index is 2.07. The lowest BCUT2D eigenvalue weighted by molar-refractivity contribution is -0.116. The highest BCUT2D eigenvalue weighted by atomic mass is 19.1. The van der Waals surface area contributed by atoms with Gasteiger partial charge in [-0.15, -0.1) is 0 Å². The Hall–Kier alpha value is -3.29.